The fourth-order valence-electron chi connectivity index (χ4n) is 1.47. The van der Waals surface area contributed by atoms with Crippen molar-refractivity contribution in [3.05, 3.63) is 42.2 Å². The average Bonchev–Trinajstić information content (AvgIpc) is 2.90. The zero-order valence-electron chi connectivity index (χ0n) is 10.1. The van der Waals surface area contributed by atoms with Crippen molar-refractivity contribution < 1.29 is 9.53 Å². The molecule has 0 spiro atoms. The number of rotatable bonds is 5. The van der Waals surface area contributed by atoms with Crippen LogP contribution in [0.2, 0.25) is 0 Å². The quantitative estimate of drug-likeness (QED) is 0.846. The number of nitrogens with one attached hydrogen (secondary N) is 2. The number of aromatic nitrogens is 2. The van der Waals surface area contributed by atoms with Gasteiger partial charge in [0.25, 0.3) is 5.91 Å². The molecule has 1 heterocycles. The van der Waals surface area contributed by atoms with Crippen LogP contribution in [0.25, 0.3) is 0 Å². The van der Waals surface area contributed by atoms with E-state index in [-0.39, 0.29) is 12.5 Å². The SMILES string of the molecule is CCc1ccc(OCC(=O)Nc2ncc[nH]2)cc1. The van der Waals surface area contributed by atoms with Crippen molar-refractivity contribution in [2.45, 2.75) is 13.3 Å². The fourth-order valence-corrected chi connectivity index (χ4v) is 1.47. The molecule has 0 unspecified atom stereocenters. The number of benzene rings is 1. The van der Waals surface area contributed by atoms with Gasteiger partial charge in [0.1, 0.15) is 5.75 Å². The Kier molecular flexibility index (Phi) is 3.96. The minimum atomic E-state index is -0.246. The number of H-pyrrole nitrogens is 1. The van der Waals surface area contributed by atoms with Crippen LogP contribution in [0.3, 0.4) is 0 Å². The zero-order valence-corrected chi connectivity index (χ0v) is 10.1. The van der Waals surface area contributed by atoms with Crippen molar-refractivity contribution in [3.63, 3.8) is 0 Å². The summed E-state index contributed by atoms with van der Waals surface area (Å²) in [5.74, 6) is 0.858. The Labute approximate surface area is 105 Å². The summed E-state index contributed by atoms with van der Waals surface area (Å²) in [4.78, 5) is 18.2. The molecule has 0 saturated heterocycles. The number of anilines is 1. The molecule has 0 fully saturated rings. The van der Waals surface area contributed by atoms with Gasteiger partial charge in [0.2, 0.25) is 5.95 Å². The topological polar surface area (TPSA) is 67.0 Å². The highest BCUT2D eigenvalue weighted by Gasteiger charge is 2.04. The maximum Gasteiger partial charge on any atom is 0.264 e. The van der Waals surface area contributed by atoms with E-state index in [2.05, 4.69) is 22.2 Å². The van der Waals surface area contributed by atoms with Crippen LogP contribution in [0.4, 0.5) is 5.95 Å². The van der Waals surface area contributed by atoms with E-state index in [0.29, 0.717) is 11.7 Å². The van der Waals surface area contributed by atoms with E-state index in [1.807, 2.05) is 24.3 Å². The lowest BCUT2D eigenvalue weighted by Crippen LogP contribution is -2.20. The second kappa shape index (κ2) is 5.86. The summed E-state index contributed by atoms with van der Waals surface area (Å²) in [5.41, 5.74) is 1.24. The number of ether oxygens (including phenoxy) is 1. The number of carbonyl (C=O) groups excluding carboxylic acids is 1. The van der Waals surface area contributed by atoms with Gasteiger partial charge in [-0.3, -0.25) is 10.1 Å². The largest absolute Gasteiger partial charge is 0.484 e. The monoisotopic (exact) mass is 245 g/mol. The summed E-state index contributed by atoms with van der Waals surface area (Å²) < 4.78 is 5.36. The minimum absolute atomic E-state index is 0.0355. The molecule has 1 aromatic carbocycles. The van der Waals surface area contributed by atoms with E-state index >= 15 is 0 Å². The summed E-state index contributed by atoms with van der Waals surface area (Å²) in [5, 5.41) is 2.58. The zero-order chi connectivity index (χ0) is 12.8. The molecule has 0 atom stereocenters. The number of aromatic amines is 1. The first-order chi connectivity index (χ1) is 8.78. The van der Waals surface area contributed by atoms with Gasteiger partial charge in [-0.2, -0.15) is 0 Å². The number of carbonyl (C=O) groups is 1. The van der Waals surface area contributed by atoms with E-state index in [0.717, 1.165) is 6.42 Å². The van der Waals surface area contributed by atoms with E-state index in [1.54, 1.807) is 12.4 Å². The normalized spacial score (nSPS) is 10.1. The summed E-state index contributed by atoms with van der Waals surface area (Å²) in [6.45, 7) is 2.05. The number of amides is 1. The molecular weight excluding hydrogens is 230 g/mol. The molecule has 2 rings (SSSR count). The molecule has 0 aliphatic heterocycles. The van der Waals surface area contributed by atoms with Crippen LogP contribution < -0.4 is 10.1 Å². The molecule has 5 nitrogen and oxygen atoms in total. The Hall–Kier alpha value is -2.30. The standard InChI is InChI=1S/C13H15N3O2/c1-2-10-3-5-11(6-4-10)18-9-12(17)16-13-14-7-8-15-13/h3-8H,2,9H2,1H3,(H2,14,15,16,17). The van der Waals surface area contributed by atoms with Crippen LogP contribution in [0.5, 0.6) is 5.75 Å². The van der Waals surface area contributed by atoms with Gasteiger partial charge >= 0.3 is 0 Å². The molecule has 0 aliphatic rings. The van der Waals surface area contributed by atoms with E-state index < -0.39 is 0 Å². The van der Waals surface area contributed by atoms with Crippen LogP contribution in [0.1, 0.15) is 12.5 Å². The first-order valence-corrected chi connectivity index (χ1v) is 5.79. The number of hydrogen-bond donors (Lipinski definition) is 2. The number of hydrogen-bond acceptors (Lipinski definition) is 3. The number of nitrogens with zero attached hydrogens (tertiary/aromatic N) is 1. The molecular formula is C13H15N3O2. The van der Waals surface area contributed by atoms with E-state index in [9.17, 15) is 4.79 Å². The minimum Gasteiger partial charge on any atom is -0.484 e. The van der Waals surface area contributed by atoms with Gasteiger partial charge in [-0.1, -0.05) is 19.1 Å². The molecule has 5 heteroatoms. The Morgan fingerprint density at radius 2 is 2.17 bits per heavy atom. The smallest absolute Gasteiger partial charge is 0.264 e. The van der Waals surface area contributed by atoms with Crippen LogP contribution >= 0.6 is 0 Å². The molecule has 0 radical (unpaired) electrons. The van der Waals surface area contributed by atoms with Crippen molar-refractivity contribution in [2.24, 2.45) is 0 Å². The highest BCUT2D eigenvalue weighted by atomic mass is 16.5. The average molecular weight is 245 g/mol. The van der Waals surface area contributed by atoms with Crippen LogP contribution in [0, 0.1) is 0 Å². The van der Waals surface area contributed by atoms with Gasteiger partial charge in [0.05, 0.1) is 0 Å². The highest BCUT2D eigenvalue weighted by Crippen LogP contribution is 2.12. The van der Waals surface area contributed by atoms with Gasteiger partial charge < -0.3 is 9.72 Å². The molecule has 2 N–H and O–H groups in total. The Morgan fingerprint density at radius 1 is 1.39 bits per heavy atom. The molecule has 94 valence electrons. The Balaban J connectivity index is 1.81. The molecule has 2 aromatic rings. The molecule has 0 bridgehead atoms. The maximum absolute atomic E-state index is 11.5. The number of aryl methyl sites for hydroxylation is 1. The molecule has 1 aromatic heterocycles. The summed E-state index contributed by atoms with van der Waals surface area (Å²) in [7, 11) is 0. The van der Waals surface area contributed by atoms with Gasteiger partial charge in [0, 0.05) is 12.4 Å². The van der Waals surface area contributed by atoms with E-state index in [4.69, 9.17) is 4.74 Å². The predicted octanol–water partition coefficient (Wildman–Crippen LogP) is 1.99. The van der Waals surface area contributed by atoms with Crippen molar-refractivity contribution in [2.75, 3.05) is 11.9 Å². The first kappa shape index (κ1) is 12.2. The van der Waals surface area contributed by atoms with Crippen LogP contribution in [-0.2, 0) is 11.2 Å². The number of imidazole rings is 1. The third-order valence-corrected chi connectivity index (χ3v) is 2.46. The Bertz CT molecular complexity index is 491. The Morgan fingerprint density at radius 3 is 2.78 bits per heavy atom. The molecule has 1 amide bonds. The van der Waals surface area contributed by atoms with Crippen LogP contribution in [-0.4, -0.2) is 22.5 Å². The summed E-state index contributed by atoms with van der Waals surface area (Å²) in [6, 6.07) is 7.69. The molecule has 0 aliphatic carbocycles. The predicted molar refractivity (Wildman–Crippen MR) is 68.5 cm³/mol. The van der Waals surface area contributed by atoms with Crippen molar-refractivity contribution in [3.8, 4) is 5.75 Å². The van der Waals surface area contributed by atoms with Crippen LogP contribution in [0.15, 0.2) is 36.7 Å². The molecule has 18 heavy (non-hydrogen) atoms. The van der Waals surface area contributed by atoms with Gasteiger partial charge in [-0.25, -0.2) is 4.98 Å². The van der Waals surface area contributed by atoms with Gasteiger partial charge in [-0.05, 0) is 24.1 Å². The summed E-state index contributed by atoms with van der Waals surface area (Å²) in [6.07, 6.45) is 4.19. The van der Waals surface area contributed by atoms with Gasteiger partial charge in [0.15, 0.2) is 6.61 Å². The van der Waals surface area contributed by atoms with Crippen molar-refractivity contribution >= 4 is 11.9 Å². The lowest BCUT2D eigenvalue weighted by atomic mass is 10.2. The van der Waals surface area contributed by atoms with E-state index in [1.165, 1.54) is 5.56 Å². The fraction of sp³-hybridized carbons (Fsp3) is 0.231. The third-order valence-electron chi connectivity index (χ3n) is 2.46. The highest BCUT2D eigenvalue weighted by molar-refractivity contribution is 5.90. The third kappa shape index (κ3) is 3.35. The van der Waals surface area contributed by atoms with Crippen molar-refractivity contribution in [1.29, 1.82) is 0 Å². The van der Waals surface area contributed by atoms with Gasteiger partial charge in [-0.15, -0.1) is 0 Å². The summed E-state index contributed by atoms with van der Waals surface area (Å²) >= 11 is 0. The lowest BCUT2D eigenvalue weighted by molar-refractivity contribution is -0.118. The second-order valence-electron chi connectivity index (χ2n) is 3.77. The second-order valence-corrected chi connectivity index (χ2v) is 3.77. The first-order valence-electron chi connectivity index (χ1n) is 5.79. The molecule has 0 saturated carbocycles. The van der Waals surface area contributed by atoms with Crippen molar-refractivity contribution in [1.82, 2.24) is 9.97 Å². The lowest BCUT2D eigenvalue weighted by Gasteiger charge is -2.06. The maximum atomic E-state index is 11.5.